The fraction of sp³-hybridized carbons (Fsp3) is 0.333. The van der Waals surface area contributed by atoms with Gasteiger partial charge in [0.2, 0.25) is 0 Å². The van der Waals surface area contributed by atoms with Crippen LogP contribution in [-0.4, -0.2) is 31.7 Å². The highest BCUT2D eigenvalue weighted by Crippen LogP contribution is 2.44. The van der Waals surface area contributed by atoms with Crippen molar-refractivity contribution in [3.63, 3.8) is 0 Å². The third kappa shape index (κ3) is 4.81. The maximum atomic E-state index is 5.64. The first-order valence-electron chi connectivity index (χ1n) is 12.3. The van der Waals surface area contributed by atoms with Crippen LogP contribution in [0.3, 0.4) is 0 Å². The lowest BCUT2D eigenvalue weighted by Gasteiger charge is -2.35. The molecule has 1 aliphatic heterocycles. The van der Waals surface area contributed by atoms with E-state index in [-0.39, 0.29) is 0 Å². The fourth-order valence-corrected chi connectivity index (χ4v) is 5.20. The van der Waals surface area contributed by atoms with Crippen LogP contribution in [0.4, 0.5) is 0 Å². The molecule has 0 saturated heterocycles. The minimum absolute atomic E-state index is 0.318. The highest BCUT2D eigenvalue weighted by Gasteiger charge is 2.34. The number of fused-ring (bicyclic) bond motifs is 3. The van der Waals surface area contributed by atoms with Crippen LogP contribution in [0.15, 0.2) is 76.9 Å². The first-order valence-corrected chi connectivity index (χ1v) is 12.3. The van der Waals surface area contributed by atoms with Gasteiger partial charge in [-0.25, -0.2) is 0 Å². The molecule has 3 aromatic rings. The summed E-state index contributed by atoms with van der Waals surface area (Å²) in [6.45, 7) is 2.43. The summed E-state index contributed by atoms with van der Waals surface area (Å²) >= 11 is 0. The Kier molecular flexibility index (Phi) is 6.84. The minimum atomic E-state index is 0.318. The van der Waals surface area contributed by atoms with Crippen molar-refractivity contribution in [1.82, 2.24) is 0 Å². The third-order valence-electron chi connectivity index (χ3n) is 7.09. The van der Waals surface area contributed by atoms with Gasteiger partial charge in [0.05, 0.1) is 31.7 Å². The molecule has 0 N–H and O–H groups in total. The molecular weight excluding hydrogens is 436 g/mol. The molecule has 1 fully saturated rings. The second-order valence-electron chi connectivity index (χ2n) is 9.24. The molecule has 0 radical (unpaired) electrons. The zero-order chi connectivity index (χ0) is 24.2. The van der Waals surface area contributed by atoms with Crippen molar-refractivity contribution in [2.75, 3.05) is 14.2 Å². The van der Waals surface area contributed by atoms with Crippen LogP contribution in [-0.2, 0) is 11.4 Å². The standard InChI is InChI=1S/C30H32N2O3/c1-20(32-35-19-21-9-5-4-6-10-21)22-13-15-23(16-14-22)30-26-18-29(34-3)28(33-2)17-25(26)24-11-7-8-12-27(24)31-30/h4-6,9-10,13-18,24,27H,7-8,11-12,19H2,1-3H3/b32-20+/t24-,27-/m1/s1. The van der Waals surface area contributed by atoms with Crippen molar-refractivity contribution >= 4 is 11.4 Å². The van der Waals surface area contributed by atoms with Gasteiger partial charge in [0.25, 0.3) is 0 Å². The van der Waals surface area contributed by atoms with Gasteiger partial charge in [-0.1, -0.05) is 72.6 Å². The summed E-state index contributed by atoms with van der Waals surface area (Å²) < 4.78 is 11.3. The Morgan fingerprint density at radius 2 is 1.63 bits per heavy atom. The molecule has 5 rings (SSSR count). The van der Waals surface area contributed by atoms with Crippen LogP contribution in [0.1, 0.15) is 66.3 Å². The lowest BCUT2D eigenvalue weighted by molar-refractivity contribution is 0.130. The second kappa shape index (κ2) is 10.3. The molecule has 1 aliphatic carbocycles. The van der Waals surface area contributed by atoms with Crippen molar-refractivity contribution in [3.8, 4) is 11.5 Å². The normalized spacial score (nSPS) is 19.3. The van der Waals surface area contributed by atoms with Gasteiger partial charge >= 0.3 is 0 Å². The zero-order valence-electron chi connectivity index (χ0n) is 20.7. The van der Waals surface area contributed by atoms with Gasteiger partial charge in [0, 0.05) is 17.0 Å². The molecule has 0 amide bonds. The van der Waals surface area contributed by atoms with E-state index in [9.17, 15) is 0 Å². The van der Waals surface area contributed by atoms with E-state index >= 15 is 0 Å². The number of ether oxygens (including phenoxy) is 2. The molecule has 5 nitrogen and oxygen atoms in total. The molecule has 2 aliphatic rings. The van der Waals surface area contributed by atoms with E-state index in [2.05, 4.69) is 41.6 Å². The number of oxime groups is 1. The number of hydrogen-bond donors (Lipinski definition) is 0. The Morgan fingerprint density at radius 3 is 2.37 bits per heavy atom. The monoisotopic (exact) mass is 468 g/mol. The maximum absolute atomic E-state index is 5.64. The fourth-order valence-electron chi connectivity index (χ4n) is 5.20. The van der Waals surface area contributed by atoms with E-state index in [4.69, 9.17) is 19.3 Å². The molecule has 2 atom stereocenters. The lowest BCUT2D eigenvalue weighted by atomic mass is 9.75. The Bertz CT molecular complexity index is 1230. The highest BCUT2D eigenvalue weighted by molar-refractivity contribution is 6.15. The zero-order valence-corrected chi connectivity index (χ0v) is 20.7. The summed E-state index contributed by atoms with van der Waals surface area (Å²) in [5.41, 5.74) is 7.58. The average molecular weight is 469 g/mol. The SMILES string of the molecule is COc1cc2c(cc1OC)[C@H]1CCCC[C@H]1N=C2c1ccc(/C(C)=N/OCc2ccccc2)cc1. The molecule has 0 bridgehead atoms. The summed E-state index contributed by atoms with van der Waals surface area (Å²) in [7, 11) is 3.39. The topological polar surface area (TPSA) is 52.4 Å². The van der Waals surface area contributed by atoms with Crippen LogP contribution in [0.5, 0.6) is 11.5 Å². The van der Waals surface area contributed by atoms with Gasteiger partial charge in [0.15, 0.2) is 11.5 Å². The van der Waals surface area contributed by atoms with Crippen molar-refractivity contribution in [2.24, 2.45) is 10.1 Å². The van der Waals surface area contributed by atoms with Crippen molar-refractivity contribution < 1.29 is 14.3 Å². The Morgan fingerprint density at radius 1 is 0.914 bits per heavy atom. The summed E-state index contributed by atoms with van der Waals surface area (Å²) in [6.07, 6.45) is 4.78. The molecule has 3 aromatic carbocycles. The second-order valence-corrected chi connectivity index (χ2v) is 9.24. The first-order chi connectivity index (χ1) is 17.2. The number of benzene rings is 3. The third-order valence-corrected chi connectivity index (χ3v) is 7.09. The minimum Gasteiger partial charge on any atom is -0.493 e. The van der Waals surface area contributed by atoms with Gasteiger partial charge in [-0.2, -0.15) is 0 Å². The van der Waals surface area contributed by atoms with Crippen LogP contribution >= 0.6 is 0 Å². The summed E-state index contributed by atoms with van der Waals surface area (Å²) in [4.78, 5) is 10.8. The summed E-state index contributed by atoms with van der Waals surface area (Å²) in [5, 5.41) is 4.32. The van der Waals surface area contributed by atoms with Gasteiger partial charge in [-0.15, -0.1) is 0 Å². The first kappa shape index (κ1) is 23.2. The Labute approximate surface area is 207 Å². The lowest BCUT2D eigenvalue weighted by Crippen LogP contribution is -2.29. The average Bonchev–Trinajstić information content (AvgIpc) is 2.92. The Balaban J connectivity index is 1.42. The molecule has 1 heterocycles. The van der Waals surface area contributed by atoms with Gasteiger partial charge in [0.1, 0.15) is 6.61 Å². The largest absolute Gasteiger partial charge is 0.493 e. The quantitative estimate of drug-likeness (QED) is 0.293. The van der Waals surface area contributed by atoms with Crippen molar-refractivity contribution in [3.05, 3.63) is 94.5 Å². The molecule has 35 heavy (non-hydrogen) atoms. The number of nitrogens with zero attached hydrogens (tertiary/aromatic N) is 2. The summed E-state index contributed by atoms with van der Waals surface area (Å²) in [5.74, 6) is 1.97. The van der Waals surface area contributed by atoms with Crippen molar-refractivity contribution in [2.45, 2.75) is 51.2 Å². The van der Waals surface area contributed by atoms with E-state index in [1.807, 2.05) is 37.3 Å². The van der Waals surface area contributed by atoms with Crippen molar-refractivity contribution in [1.29, 1.82) is 0 Å². The number of rotatable bonds is 7. The molecule has 0 unspecified atom stereocenters. The van der Waals surface area contributed by atoms with Crippen LogP contribution in [0.25, 0.3) is 0 Å². The van der Waals surface area contributed by atoms with E-state index < -0.39 is 0 Å². The van der Waals surface area contributed by atoms with Crippen LogP contribution in [0, 0.1) is 0 Å². The molecule has 0 spiro atoms. The Hall–Kier alpha value is -3.60. The van der Waals surface area contributed by atoms with E-state index in [0.717, 1.165) is 51.6 Å². The van der Waals surface area contributed by atoms with Gasteiger partial charge in [-0.05, 0) is 48.6 Å². The predicted octanol–water partition coefficient (Wildman–Crippen LogP) is 6.52. The summed E-state index contributed by atoms with van der Waals surface area (Å²) in [6, 6.07) is 23.1. The van der Waals surface area contributed by atoms with Crippen LogP contribution < -0.4 is 9.47 Å². The van der Waals surface area contributed by atoms with E-state index in [1.54, 1.807) is 14.2 Å². The molecular formula is C30H32N2O3. The maximum Gasteiger partial charge on any atom is 0.161 e. The smallest absolute Gasteiger partial charge is 0.161 e. The van der Waals surface area contributed by atoms with Gasteiger partial charge < -0.3 is 14.3 Å². The number of aliphatic imine (C=N–C) groups is 1. The predicted molar refractivity (Wildman–Crippen MR) is 140 cm³/mol. The molecule has 1 saturated carbocycles. The highest BCUT2D eigenvalue weighted by atomic mass is 16.6. The molecule has 0 aromatic heterocycles. The van der Waals surface area contributed by atoms with E-state index in [1.165, 1.54) is 24.8 Å². The number of hydrogen-bond acceptors (Lipinski definition) is 5. The van der Waals surface area contributed by atoms with Crippen LogP contribution in [0.2, 0.25) is 0 Å². The number of methoxy groups -OCH3 is 2. The van der Waals surface area contributed by atoms with E-state index in [0.29, 0.717) is 18.6 Å². The molecule has 5 heteroatoms. The van der Waals surface area contributed by atoms with Gasteiger partial charge in [-0.3, -0.25) is 4.99 Å². The molecule has 180 valence electrons.